The van der Waals surface area contributed by atoms with Gasteiger partial charge < -0.3 is 15.0 Å². The predicted octanol–water partition coefficient (Wildman–Crippen LogP) is 4.65. The quantitative estimate of drug-likeness (QED) is 0.283. The number of rotatable bonds is 15. The van der Waals surface area contributed by atoms with E-state index >= 15 is 0 Å². The van der Waals surface area contributed by atoms with Gasteiger partial charge in [0.15, 0.2) is 0 Å². The van der Waals surface area contributed by atoms with Crippen LogP contribution in [0.1, 0.15) is 44.2 Å². The first-order valence-corrected chi connectivity index (χ1v) is 15.4. The number of sulfonamides is 1. The number of hydrogen-bond donors (Lipinski definition) is 1. The van der Waals surface area contributed by atoms with Crippen LogP contribution < -0.4 is 10.1 Å². The second-order valence-corrected chi connectivity index (χ2v) is 12.2. The summed E-state index contributed by atoms with van der Waals surface area (Å²) < 4.78 is 32.5. The summed E-state index contributed by atoms with van der Waals surface area (Å²) in [4.78, 5) is 29.3. The number of carbonyl (C=O) groups is 2. The molecule has 0 aromatic heterocycles. The predicted molar refractivity (Wildman–Crippen MR) is 161 cm³/mol. The number of amides is 2. The van der Waals surface area contributed by atoms with E-state index < -0.39 is 16.1 Å². The number of benzene rings is 3. The van der Waals surface area contributed by atoms with Crippen LogP contribution in [0.25, 0.3) is 0 Å². The molecular weight excluding hydrogens is 538 g/mol. The molecule has 9 heteroatoms. The SMILES string of the molecule is CC[C@H](C)NC(=O)[C@@H](Cc1ccccc1)N(Cc1cccc(OC)c1)C(=O)CCCN(C)S(=O)(=O)c1ccccc1. The van der Waals surface area contributed by atoms with Crippen LogP contribution in [-0.4, -0.2) is 62.2 Å². The van der Waals surface area contributed by atoms with Crippen molar-refractivity contribution in [3.63, 3.8) is 0 Å². The Morgan fingerprint density at radius 1 is 0.927 bits per heavy atom. The van der Waals surface area contributed by atoms with Crippen molar-refractivity contribution in [1.82, 2.24) is 14.5 Å². The maximum atomic E-state index is 13.8. The average Bonchev–Trinajstić information content (AvgIpc) is 2.99. The van der Waals surface area contributed by atoms with Crippen LogP contribution in [0.5, 0.6) is 5.75 Å². The zero-order valence-corrected chi connectivity index (χ0v) is 25.1. The summed E-state index contributed by atoms with van der Waals surface area (Å²) in [5.41, 5.74) is 1.77. The molecule has 0 saturated carbocycles. The van der Waals surface area contributed by atoms with Gasteiger partial charge in [-0.15, -0.1) is 0 Å². The molecule has 0 saturated heterocycles. The number of hydrogen-bond acceptors (Lipinski definition) is 5. The Balaban J connectivity index is 1.85. The van der Waals surface area contributed by atoms with Gasteiger partial charge in [0, 0.05) is 39.0 Å². The molecule has 0 spiro atoms. The smallest absolute Gasteiger partial charge is 0.243 e. The maximum Gasteiger partial charge on any atom is 0.243 e. The minimum atomic E-state index is -3.67. The Hall–Kier alpha value is -3.69. The summed E-state index contributed by atoms with van der Waals surface area (Å²) in [7, 11) is -0.574. The standard InChI is InChI=1S/C32H41N3O5S/c1-5-25(2)33-32(37)30(23-26-14-8-6-9-15-26)35(24-27-16-12-17-28(22-27)40-4)31(36)20-13-21-34(3)41(38,39)29-18-10-7-11-19-29/h6-12,14-19,22,25,30H,5,13,20-21,23-24H2,1-4H3,(H,33,37)/t25-,30+/m0/s1. The Morgan fingerprint density at radius 3 is 2.20 bits per heavy atom. The van der Waals surface area contributed by atoms with Crippen LogP contribution in [0.3, 0.4) is 0 Å². The third kappa shape index (κ3) is 9.16. The van der Waals surface area contributed by atoms with Gasteiger partial charge in [0.1, 0.15) is 11.8 Å². The zero-order chi connectivity index (χ0) is 29.8. The van der Waals surface area contributed by atoms with Gasteiger partial charge in [0.05, 0.1) is 12.0 Å². The monoisotopic (exact) mass is 579 g/mol. The fourth-order valence-electron chi connectivity index (χ4n) is 4.45. The third-order valence-electron chi connectivity index (χ3n) is 7.07. The van der Waals surface area contributed by atoms with Crippen LogP contribution in [0, 0.1) is 0 Å². The van der Waals surface area contributed by atoms with Gasteiger partial charge in [-0.25, -0.2) is 12.7 Å². The van der Waals surface area contributed by atoms with Crippen molar-refractivity contribution in [3.8, 4) is 5.75 Å². The van der Waals surface area contributed by atoms with E-state index in [1.54, 1.807) is 42.3 Å². The highest BCUT2D eigenvalue weighted by Gasteiger charge is 2.31. The number of ether oxygens (including phenoxy) is 1. The lowest BCUT2D eigenvalue weighted by Gasteiger charge is -2.32. The second kappa shape index (κ2) is 15.3. The van der Waals surface area contributed by atoms with Crippen LogP contribution >= 0.6 is 0 Å². The van der Waals surface area contributed by atoms with E-state index in [1.807, 2.05) is 68.4 Å². The highest BCUT2D eigenvalue weighted by atomic mass is 32.2. The summed E-state index contributed by atoms with van der Waals surface area (Å²) in [6, 6.07) is 24.5. The lowest BCUT2D eigenvalue weighted by Crippen LogP contribution is -2.52. The molecular formula is C32H41N3O5S. The molecule has 8 nitrogen and oxygen atoms in total. The Labute approximate surface area is 244 Å². The molecule has 3 rings (SSSR count). The normalized spacial score (nSPS) is 12.9. The second-order valence-electron chi connectivity index (χ2n) is 10.1. The summed E-state index contributed by atoms with van der Waals surface area (Å²) >= 11 is 0. The van der Waals surface area contributed by atoms with Crippen molar-refractivity contribution in [2.75, 3.05) is 20.7 Å². The van der Waals surface area contributed by atoms with E-state index in [0.717, 1.165) is 17.5 Å². The van der Waals surface area contributed by atoms with E-state index in [0.29, 0.717) is 18.6 Å². The van der Waals surface area contributed by atoms with Crippen molar-refractivity contribution >= 4 is 21.8 Å². The number of carbonyl (C=O) groups excluding carboxylic acids is 2. The zero-order valence-electron chi connectivity index (χ0n) is 24.3. The molecule has 0 heterocycles. The summed E-state index contributed by atoms with van der Waals surface area (Å²) in [5, 5.41) is 3.06. The molecule has 0 aliphatic carbocycles. The molecule has 3 aromatic carbocycles. The molecule has 2 amide bonds. The van der Waals surface area contributed by atoms with Gasteiger partial charge in [0.25, 0.3) is 0 Å². The molecule has 0 bridgehead atoms. The minimum Gasteiger partial charge on any atom is -0.497 e. The molecule has 220 valence electrons. The number of nitrogens with zero attached hydrogens (tertiary/aromatic N) is 2. The average molecular weight is 580 g/mol. The molecule has 0 aliphatic heterocycles. The Kier molecular flexibility index (Phi) is 11.9. The first-order valence-electron chi connectivity index (χ1n) is 13.9. The van der Waals surface area contributed by atoms with Gasteiger partial charge in [-0.1, -0.05) is 67.6 Å². The molecule has 1 N–H and O–H groups in total. The Bertz CT molecular complexity index is 1370. The number of methoxy groups -OCH3 is 1. The van der Waals surface area contributed by atoms with E-state index in [4.69, 9.17) is 4.74 Å². The first-order chi connectivity index (χ1) is 19.6. The minimum absolute atomic E-state index is 0.0496. The molecule has 3 aromatic rings. The summed E-state index contributed by atoms with van der Waals surface area (Å²) in [6.07, 6.45) is 1.50. The molecule has 2 atom stereocenters. The molecule has 0 aliphatic rings. The van der Waals surface area contributed by atoms with Gasteiger partial charge in [-0.2, -0.15) is 0 Å². The van der Waals surface area contributed by atoms with E-state index in [-0.39, 0.29) is 42.3 Å². The van der Waals surface area contributed by atoms with Crippen LogP contribution in [0.4, 0.5) is 0 Å². The Morgan fingerprint density at radius 2 is 1.56 bits per heavy atom. The summed E-state index contributed by atoms with van der Waals surface area (Å²) in [6.45, 7) is 4.31. The van der Waals surface area contributed by atoms with E-state index in [2.05, 4.69) is 5.32 Å². The van der Waals surface area contributed by atoms with Crippen LogP contribution in [0.15, 0.2) is 89.8 Å². The van der Waals surface area contributed by atoms with Crippen LogP contribution in [-0.2, 0) is 32.6 Å². The van der Waals surface area contributed by atoms with Crippen LogP contribution in [0.2, 0.25) is 0 Å². The molecule has 0 radical (unpaired) electrons. The fourth-order valence-corrected chi connectivity index (χ4v) is 5.68. The fraction of sp³-hybridized carbons (Fsp3) is 0.375. The largest absolute Gasteiger partial charge is 0.497 e. The van der Waals surface area contributed by atoms with E-state index in [1.165, 1.54) is 11.4 Å². The van der Waals surface area contributed by atoms with Crippen molar-refractivity contribution in [1.29, 1.82) is 0 Å². The molecule has 41 heavy (non-hydrogen) atoms. The topological polar surface area (TPSA) is 96.0 Å². The van der Waals surface area contributed by atoms with Gasteiger partial charge in [-0.05, 0) is 55.2 Å². The lowest BCUT2D eigenvalue weighted by atomic mass is 10.0. The highest BCUT2D eigenvalue weighted by molar-refractivity contribution is 7.89. The first kappa shape index (κ1) is 31.8. The van der Waals surface area contributed by atoms with Crippen molar-refractivity contribution in [3.05, 3.63) is 96.1 Å². The maximum absolute atomic E-state index is 13.8. The third-order valence-corrected chi connectivity index (χ3v) is 8.95. The molecule has 0 fully saturated rings. The summed E-state index contributed by atoms with van der Waals surface area (Å²) in [5.74, 6) is 0.216. The molecule has 0 unspecified atom stereocenters. The lowest BCUT2D eigenvalue weighted by molar-refractivity contribution is -0.141. The van der Waals surface area contributed by atoms with Crippen molar-refractivity contribution < 1.29 is 22.7 Å². The number of nitrogens with one attached hydrogen (secondary N) is 1. The van der Waals surface area contributed by atoms with Gasteiger partial charge >= 0.3 is 0 Å². The van der Waals surface area contributed by atoms with E-state index in [9.17, 15) is 18.0 Å². The van der Waals surface area contributed by atoms with Crippen molar-refractivity contribution in [2.24, 2.45) is 0 Å². The van der Waals surface area contributed by atoms with Crippen molar-refractivity contribution in [2.45, 2.75) is 63.1 Å². The highest BCUT2D eigenvalue weighted by Crippen LogP contribution is 2.20. The van der Waals surface area contributed by atoms with Gasteiger partial charge in [0.2, 0.25) is 21.8 Å². The van der Waals surface area contributed by atoms with Gasteiger partial charge in [-0.3, -0.25) is 9.59 Å².